The summed E-state index contributed by atoms with van der Waals surface area (Å²) < 4.78 is 2.21. The number of aliphatic hydroxyl groups is 1. The van der Waals surface area contributed by atoms with Crippen molar-refractivity contribution in [3.05, 3.63) is 18.2 Å². The third kappa shape index (κ3) is 1.65. The number of fused-ring (bicyclic) bond motifs is 2. The predicted octanol–water partition coefficient (Wildman–Crippen LogP) is 3.41. The molecular formula is C17H28N2O. The predicted molar refractivity (Wildman–Crippen MR) is 80.4 cm³/mol. The number of hydrogen-bond donors (Lipinski definition) is 1. The molecule has 0 amide bonds. The number of hydrogen-bond acceptors (Lipinski definition) is 2. The van der Waals surface area contributed by atoms with E-state index in [0.29, 0.717) is 12.3 Å². The zero-order valence-corrected chi connectivity index (χ0v) is 13.3. The zero-order valence-electron chi connectivity index (χ0n) is 13.3. The second-order valence-electron chi connectivity index (χ2n) is 7.80. The molecule has 0 aromatic carbocycles. The average Bonchev–Trinajstić information content (AvgIpc) is 3.00. The second kappa shape index (κ2) is 4.33. The molecule has 0 spiro atoms. The van der Waals surface area contributed by atoms with E-state index in [2.05, 4.69) is 37.2 Å². The summed E-state index contributed by atoms with van der Waals surface area (Å²) in [5.41, 5.74) is -0.576. The Morgan fingerprint density at radius 3 is 2.75 bits per heavy atom. The summed E-state index contributed by atoms with van der Waals surface area (Å²) in [6, 6.07) is 0. The Kier molecular flexibility index (Phi) is 3.06. The van der Waals surface area contributed by atoms with E-state index < -0.39 is 5.60 Å². The van der Waals surface area contributed by atoms with Gasteiger partial charge in [-0.05, 0) is 42.4 Å². The van der Waals surface area contributed by atoms with Crippen molar-refractivity contribution in [3.8, 4) is 0 Å². The van der Waals surface area contributed by atoms with Crippen LogP contribution in [0.4, 0.5) is 0 Å². The summed E-state index contributed by atoms with van der Waals surface area (Å²) in [5.74, 6) is 1.71. The van der Waals surface area contributed by atoms with E-state index in [1.54, 1.807) is 0 Å². The maximum absolute atomic E-state index is 11.6. The highest BCUT2D eigenvalue weighted by Gasteiger charge is 2.68. The van der Waals surface area contributed by atoms with Crippen LogP contribution in [0.2, 0.25) is 0 Å². The highest BCUT2D eigenvalue weighted by atomic mass is 16.3. The first-order valence-corrected chi connectivity index (χ1v) is 8.06. The lowest BCUT2D eigenvalue weighted by Gasteiger charge is -2.50. The van der Waals surface area contributed by atoms with Crippen molar-refractivity contribution >= 4 is 0 Å². The fourth-order valence-corrected chi connectivity index (χ4v) is 4.97. The fourth-order valence-electron chi connectivity index (χ4n) is 4.97. The Labute approximate surface area is 122 Å². The smallest absolute Gasteiger partial charge is 0.111 e. The van der Waals surface area contributed by atoms with Crippen LogP contribution in [-0.4, -0.2) is 20.3 Å². The molecule has 2 bridgehead atoms. The molecule has 1 aromatic rings. The molecule has 2 aliphatic rings. The molecule has 2 aliphatic carbocycles. The van der Waals surface area contributed by atoms with Crippen molar-refractivity contribution in [1.82, 2.24) is 9.55 Å². The topological polar surface area (TPSA) is 38.0 Å². The van der Waals surface area contributed by atoms with E-state index in [9.17, 15) is 5.11 Å². The Morgan fingerprint density at radius 2 is 2.15 bits per heavy atom. The molecule has 112 valence electrons. The van der Waals surface area contributed by atoms with Gasteiger partial charge < -0.3 is 9.67 Å². The van der Waals surface area contributed by atoms with E-state index in [1.165, 1.54) is 12.8 Å². The van der Waals surface area contributed by atoms with Gasteiger partial charge in [-0.15, -0.1) is 0 Å². The van der Waals surface area contributed by atoms with E-state index >= 15 is 0 Å². The molecule has 0 radical (unpaired) electrons. The van der Waals surface area contributed by atoms with Crippen molar-refractivity contribution in [3.63, 3.8) is 0 Å². The van der Waals surface area contributed by atoms with Gasteiger partial charge in [0.05, 0.1) is 5.60 Å². The molecule has 2 fully saturated rings. The molecule has 3 unspecified atom stereocenters. The third-order valence-corrected chi connectivity index (χ3v) is 6.51. The lowest BCUT2D eigenvalue weighted by molar-refractivity contribution is -0.143. The largest absolute Gasteiger partial charge is 0.388 e. The van der Waals surface area contributed by atoms with E-state index in [0.717, 1.165) is 25.2 Å². The molecule has 0 saturated heterocycles. The van der Waals surface area contributed by atoms with Gasteiger partial charge in [-0.25, -0.2) is 4.98 Å². The van der Waals surface area contributed by atoms with Crippen molar-refractivity contribution in [1.29, 1.82) is 0 Å². The first-order chi connectivity index (χ1) is 9.34. The minimum atomic E-state index is -0.625. The van der Waals surface area contributed by atoms with Gasteiger partial charge in [0.1, 0.15) is 5.82 Å². The minimum absolute atomic E-state index is 0.0109. The molecule has 1 N–H and O–H groups in total. The van der Waals surface area contributed by atoms with Crippen molar-refractivity contribution in [2.45, 2.75) is 71.9 Å². The highest BCUT2D eigenvalue weighted by molar-refractivity contribution is 5.20. The van der Waals surface area contributed by atoms with E-state index in [4.69, 9.17) is 0 Å². The van der Waals surface area contributed by atoms with Crippen LogP contribution in [0.15, 0.2) is 12.4 Å². The van der Waals surface area contributed by atoms with Gasteiger partial charge in [0.15, 0.2) is 0 Å². The van der Waals surface area contributed by atoms with Crippen molar-refractivity contribution in [2.24, 2.45) is 16.7 Å². The van der Waals surface area contributed by atoms with Crippen LogP contribution >= 0.6 is 0 Å². The molecule has 3 atom stereocenters. The molecule has 0 aliphatic heterocycles. The summed E-state index contributed by atoms with van der Waals surface area (Å²) in [7, 11) is 0. The lowest BCUT2D eigenvalue weighted by Crippen LogP contribution is -2.55. The minimum Gasteiger partial charge on any atom is -0.388 e. The first kappa shape index (κ1) is 14.1. The van der Waals surface area contributed by atoms with Gasteiger partial charge in [-0.2, -0.15) is 0 Å². The lowest BCUT2D eigenvalue weighted by atomic mass is 9.59. The van der Waals surface area contributed by atoms with Gasteiger partial charge in [-0.1, -0.05) is 27.7 Å². The summed E-state index contributed by atoms with van der Waals surface area (Å²) in [4.78, 5) is 4.53. The Hall–Kier alpha value is -0.830. The number of rotatable bonds is 4. The summed E-state index contributed by atoms with van der Waals surface area (Å²) in [6.07, 6.45) is 9.32. The van der Waals surface area contributed by atoms with Gasteiger partial charge in [0.25, 0.3) is 0 Å². The first-order valence-electron chi connectivity index (χ1n) is 8.06. The quantitative estimate of drug-likeness (QED) is 0.915. The van der Waals surface area contributed by atoms with E-state index in [-0.39, 0.29) is 10.8 Å². The summed E-state index contributed by atoms with van der Waals surface area (Å²) in [6.45, 7) is 9.98. The molecule has 2 saturated carbocycles. The van der Waals surface area contributed by atoms with Crippen molar-refractivity contribution in [2.75, 3.05) is 0 Å². The Bertz CT molecular complexity index is 500. The van der Waals surface area contributed by atoms with Gasteiger partial charge in [-0.3, -0.25) is 0 Å². The highest BCUT2D eigenvalue weighted by Crippen LogP contribution is 2.68. The summed E-state index contributed by atoms with van der Waals surface area (Å²) in [5, 5.41) is 11.6. The van der Waals surface area contributed by atoms with Crippen LogP contribution in [0.25, 0.3) is 0 Å². The molecule has 1 aromatic heterocycles. The Morgan fingerprint density at radius 1 is 1.40 bits per heavy atom. The molecule has 20 heavy (non-hydrogen) atoms. The molecular weight excluding hydrogens is 248 g/mol. The molecule has 3 nitrogen and oxygen atoms in total. The van der Waals surface area contributed by atoms with Crippen molar-refractivity contribution < 1.29 is 5.11 Å². The molecule has 1 heterocycles. The molecule has 3 rings (SSSR count). The fraction of sp³-hybridized carbons (Fsp3) is 0.824. The van der Waals surface area contributed by atoms with E-state index in [1.807, 2.05) is 12.4 Å². The van der Waals surface area contributed by atoms with Crippen LogP contribution in [0.5, 0.6) is 0 Å². The number of nitrogens with zero attached hydrogens (tertiary/aromatic N) is 2. The van der Waals surface area contributed by atoms with Crippen LogP contribution in [0.1, 0.15) is 59.2 Å². The summed E-state index contributed by atoms with van der Waals surface area (Å²) >= 11 is 0. The maximum atomic E-state index is 11.6. The third-order valence-electron chi connectivity index (χ3n) is 6.51. The monoisotopic (exact) mass is 276 g/mol. The van der Waals surface area contributed by atoms with Crippen LogP contribution in [-0.2, 0) is 13.0 Å². The standard InChI is InChI=1S/C17H28N2O/c1-5-9-19-10-8-18-14(19)12-17(20)15(2,3)13-6-7-16(17,4)11-13/h8,10,13,20H,5-7,9,11-12H2,1-4H3. The number of imidazole rings is 1. The van der Waals surface area contributed by atoms with Gasteiger partial charge in [0.2, 0.25) is 0 Å². The SMILES string of the molecule is CCCn1ccnc1CC1(O)C2(C)CCC(C2)C1(C)C. The van der Waals surface area contributed by atoms with Crippen LogP contribution < -0.4 is 0 Å². The van der Waals surface area contributed by atoms with Gasteiger partial charge in [0, 0.05) is 25.4 Å². The number of aryl methyl sites for hydroxylation is 1. The zero-order chi connectivity index (χ0) is 14.6. The average molecular weight is 276 g/mol. The van der Waals surface area contributed by atoms with Gasteiger partial charge >= 0.3 is 0 Å². The number of aromatic nitrogens is 2. The Balaban J connectivity index is 1.94. The second-order valence-corrected chi connectivity index (χ2v) is 7.80. The van der Waals surface area contributed by atoms with Crippen LogP contribution in [0, 0.1) is 16.7 Å². The molecule has 3 heteroatoms. The normalized spacial score (nSPS) is 38.5. The maximum Gasteiger partial charge on any atom is 0.111 e. The van der Waals surface area contributed by atoms with Crippen LogP contribution in [0.3, 0.4) is 0 Å².